The van der Waals surface area contributed by atoms with Crippen molar-refractivity contribution >= 4 is 11.8 Å². The lowest BCUT2D eigenvalue weighted by atomic mass is 9.96. The predicted molar refractivity (Wildman–Crippen MR) is 109 cm³/mol. The Balaban J connectivity index is 1.74. The van der Waals surface area contributed by atoms with Gasteiger partial charge in [0.15, 0.2) is 0 Å². The lowest BCUT2D eigenvalue weighted by molar-refractivity contribution is -0.119. The molecule has 1 aromatic heterocycles. The molecule has 2 heterocycles. The number of benzene rings is 1. The third kappa shape index (κ3) is 4.21. The van der Waals surface area contributed by atoms with Crippen LogP contribution in [0.4, 0.5) is 0 Å². The SMILES string of the molecule is COc1cccc(-n2c(C)cc(C(=O)N3CCC(CNC(C)=O)CC3)c2C)c1. The minimum atomic E-state index is 0.00323. The molecule has 1 aromatic carbocycles. The highest BCUT2D eigenvalue weighted by Crippen LogP contribution is 2.26. The van der Waals surface area contributed by atoms with Gasteiger partial charge in [0.1, 0.15) is 5.75 Å². The number of ether oxygens (including phenoxy) is 1. The van der Waals surface area contributed by atoms with E-state index in [0.717, 1.165) is 54.3 Å². The summed E-state index contributed by atoms with van der Waals surface area (Å²) in [6, 6.07) is 9.83. The number of carbonyl (C=O) groups is 2. The number of hydrogen-bond acceptors (Lipinski definition) is 3. The quantitative estimate of drug-likeness (QED) is 0.863. The molecule has 1 aliphatic rings. The van der Waals surface area contributed by atoms with Gasteiger partial charge in [-0.05, 0) is 50.8 Å². The van der Waals surface area contributed by atoms with E-state index in [9.17, 15) is 9.59 Å². The summed E-state index contributed by atoms with van der Waals surface area (Å²) in [6.45, 7) is 7.70. The zero-order valence-corrected chi connectivity index (χ0v) is 17.1. The monoisotopic (exact) mass is 383 g/mol. The molecule has 0 aliphatic carbocycles. The summed E-state index contributed by atoms with van der Waals surface area (Å²) < 4.78 is 7.43. The molecule has 1 aliphatic heterocycles. The fraction of sp³-hybridized carbons (Fsp3) is 0.455. The fourth-order valence-corrected chi connectivity index (χ4v) is 3.92. The summed E-state index contributed by atoms with van der Waals surface area (Å²) in [5.41, 5.74) is 3.70. The molecule has 3 rings (SSSR count). The molecule has 0 unspecified atom stereocenters. The normalized spacial score (nSPS) is 14.8. The highest BCUT2D eigenvalue weighted by molar-refractivity contribution is 5.96. The Hall–Kier alpha value is -2.76. The average molecular weight is 383 g/mol. The molecule has 1 saturated heterocycles. The first-order valence-electron chi connectivity index (χ1n) is 9.77. The summed E-state index contributed by atoms with van der Waals surface area (Å²) in [5, 5.41) is 2.88. The van der Waals surface area contributed by atoms with Gasteiger partial charge < -0.3 is 19.5 Å². The van der Waals surface area contributed by atoms with Crippen LogP contribution in [-0.4, -0.2) is 48.0 Å². The number of aryl methyl sites for hydroxylation is 1. The number of hydrogen-bond donors (Lipinski definition) is 1. The molecule has 150 valence electrons. The van der Waals surface area contributed by atoms with Crippen LogP contribution in [0, 0.1) is 19.8 Å². The van der Waals surface area contributed by atoms with Gasteiger partial charge in [0.2, 0.25) is 5.91 Å². The molecule has 0 spiro atoms. The maximum atomic E-state index is 13.1. The van der Waals surface area contributed by atoms with Gasteiger partial charge in [0, 0.05) is 49.7 Å². The van der Waals surface area contributed by atoms with E-state index in [1.54, 1.807) is 7.11 Å². The van der Waals surface area contributed by atoms with Crippen LogP contribution in [0.15, 0.2) is 30.3 Å². The lowest BCUT2D eigenvalue weighted by Gasteiger charge is -2.32. The van der Waals surface area contributed by atoms with E-state index in [-0.39, 0.29) is 11.8 Å². The number of amides is 2. The molecule has 0 atom stereocenters. The topological polar surface area (TPSA) is 63.6 Å². The lowest BCUT2D eigenvalue weighted by Crippen LogP contribution is -2.41. The molecule has 2 aromatic rings. The third-order valence-corrected chi connectivity index (χ3v) is 5.51. The van der Waals surface area contributed by atoms with Crippen molar-refractivity contribution in [2.24, 2.45) is 5.92 Å². The van der Waals surface area contributed by atoms with Gasteiger partial charge in [0.25, 0.3) is 5.91 Å². The van der Waals surface area contributed by atoms with Gasteiger partial charge in [-0.3, -0.25) is 9.59 Å². The Morgan fingerprint density at radius 3 is 2.54 bits per heavy atom. The maximum Gasteiger partial charge on any atom is 0.255 e. The zero-order valence-electron chi connectivity index (χ0n) is 17.1. The van der Waals surface area contributed by atoms with Crippen LogP contribution in [0.1, 0.15) is 41.5 Å². The molecule has 1 fully saturated rings. The Morgan fingerprint density at radius 1 is 1.18 bits per heavy atom. The second kappa shape index (κ2) is 8.50. The van der Waals surface area contributed by atoms with Crippen molar-refractivity contribution in [1.29, 1.82) is 0 Å². The van der Waals surface area contributed by atoms with Crippen molar-refractivity contribution in [2.45, 2.75) is 33.6 Å². The summed E-state index contributed by atoms with van der Waals surface area (Å²) in [7, 11) is 1.65. The van der Waals surface area contributed by atoms with Crippen LogP contribution >= 0.6 is 0 Å². The Bertz CT molecular complexity index is 864. The van der Waals surface area contributed by atoms with Gasteiger partial charge >= 0.3 is 0 Å². The highest BCUT2D eigenvalue weighted by Gasteiger charge is 2.26. The van der Waals surface area contributed by atoms with Gasteiger partial charge in [-0.1, -0.05) is 6.07 Å². The van der Waals surface area contributed by atoms with Crippen LogP contribution in [0.25, 0.3) is 5.69 Å². The molecule has 0 bridgehead atoms. The number of carbonyl (C=O) groups excluding carboxylic acids is 2. The number of likely N-dealkylation sites (tertiary alicyclic amines) is 1. The van der Waals surface area contributed by atoms with Gasteiger partial charge in [0.05, 0.1) is 12.7 Å². The first-order chi connectivity index (χ1) is 13.4. The number of nitrogens with zero attached hydrogens (tertiary/aromatic N) is 2. The summed E-state index contributed by atoms with van der Waals surface area (Å²) in [4.78, 5) is 26.2. The van der Waals surface area contributed by atoms with E-state index in [2.05, 4.69) is 9.88 Å². The minimum Gasteiger partial charge on any atom is -0.497 e. The molecule has 2 amide bonds. The largest absolute Gasteiger partial charge is 0.497 e. The number of rotatable bonds is 5. The van der Waals surface area contributed by atoms with Gasteiger partial charge in [-0.2, -0.15) is 0 Å². The van der Waals surface area contributed by atoms with E-state index in [1.807, 2.05) is 49.1 Å². The molecule has 0 radical (unpaired) electrons. The van der Waals surface area contributed by atoms with Crippen molar-refractivity contribution in [1.82, 2.24) is 14.8 Å². The molecular weight excluding hydrogens is 354 g/mol. The third-order valence-electron chi connectivity index (χ3n) is 5.51. The van der Waals surface area contributed by atoms with Crippen LogP contribution in [0.2, 0.25) is 0 Å². The molecule has 6 nitrogen and oxygen atoms in total. The van der Waals surface area contributed by atoms with E-state index in [4.69, 9.17) is 4.74 Å². The molecular formula is C22H29N3O3. The average Bonchev–Trinajstić information content (AvgIpc) is 3.00. The van der Waals surface area contributed by atoms with Gasteiger partial charge in [-0.25, -0.2) is 0 Å². The second-order valence-electron chi connectivity index (χ2n) is 7.49. The Kier molecular flexibility index (Phi) is 6.07. The minimum absolute atomic E-state index is 0.00323. The van der Waals surface area contributed by atoms with E-state index < -0.39 is 0 Å². The van der Waals surface area contributed by atoms with Crippen molar-refractivity contribution in [3.63, 3.8) is 0 Å². The molecule has 0 saturated carbocycles. The van der Waals surface area contributed by atoms with Gasteiger partial charge in [-0.15, -0.1) is 0 Å². The number of nitrogens with one attached hydrogen (secondary N) is 1. The summed E-state index contributed by atoms with van der Waals surface area (Å²) >= 11 is 0. The summed E-state index contributed by atoms with van der Waals surface area (Å²) in [6.07, 6.45) is 1.83. The Labute approximate surface area is 166 Å². The van der Waals surface area contributed by atoms with Crippen LogP contribution in [-0.2, 0) is 4.79 Å². The second-order valence-corrected chi connectivity index (χ2v) is 7.49. The number of methoxy groups -OCH3 is 1. The van der Waals surface area contributed by atoms with E-state index in [0.29, 0.717) is 12.5 Å². The van der Waals surface area contributed by atoms with E-state index in [1.165, 1.54) is 6.92 Å². The van der Waals surface area contributed by atoms with Crippen molar-refractivity contribution < 1.29 is 14.3 Å². The fourth-order valence-electron chi connectivity index (χ4n) is 3.92. The zero-order chi connectivity index (χ0) is 20.3. The maximum absolute atomic E-state index is 13.1. The summed E-state index contributed by atoms with van der Waals surface area (Å²) in [5.74, 6) is 1.32. The molecule has 1 N–H and O–H groups in total. The van der Waals surface area contributed by atoms with Crippen LogP contribution < -0.4 is 10.1 Å². The predicted octanol–water partition coefficient (Wildman–Crippen LogP) is 3.09. The number of piperidine rings is 1. The van der Waals surface area contributed by atoms with Crippen molar-refractivity contribution in [3.05, 3.63) is 47.3 Å². The first-order valence-corrected chi connectivity index (χ1v) is 9.77. The van der Waals surface area contributed by atoms with Crippen LogP contribution in [0.3, 0.4) is 0 Å². The standard InChI is InChI=1S/C22H29N3O3/c1-15-12-21(16(2)25(15)19-6-5-7-20(13-19)28-4)22(27)24-10-8-18(9-11-24)14-23-17(3)26/h5-7,12-13,18H,8-11,14H2,1-4H3,(H,23,26). The number of aromatic nitrogens is 1. The Morgan fingerprint density at radius 2 is 1.89 bits per heavy atom. The molecule has 6 heteroatoms. The van der Waals surface area contributed by atoms with Crippen LogP contribution in [0.5, 0.6) is 5.75 Å². The molecule has 28 heavy (non-hydrogen) atoms. The first kappa shape index (κ1) is 20.0. The van der Waals surface area contributed by atoms with Crippen molar-refractivity contribution in [2.75, 3.05) is 26.7 Å². The smallest absolute Gasteiger partial charge is 0.255 e. The van der Waals surface area contributed by atoms with Crippen molar-refractivity contribution in [3.8, 4) is 11.4 Å². The highest BCUT2D eigenvalue weighted by atomic mass is 16.5. The van der Waals surface area contributed by atoms with E-state index >= 15 is 0 Å².